The minimum Gasteiger partial charge on any atom is -0.497 e. The first kappa shape index (κ1) is 19.5. The van der Waals surface area contributed by atoms with Crippen molar-refractivity contribution in [1.29, 1.82) is 0 Å². The molecule has 0 saturated heterocycles. The molecule has 0 radical (unpaired) electrons. The fraction of sp³-hybridized carbons (Fsp3) is 0.250. The number of nitrogens with zero attached hydrogens (tertiary/aromatic N) is 1. The molecule has 3 nitrogen and oxygen atoms in total. The van der Waals surface area contributed by atoms with E-state index in [9.17, 15) is 18.3 Å². The number of benzene rings is 2. The molecule has 1 aromatic heterocycles. The summed E-state index contributed by atoms with van der Waals surface area (Å²) < 4.78 is 47.6. The molecule has 27 heavy (non-hydrogen) atoms. The lowest BCUT2D eigenvalue weighted by Gasteiger charge is -2.37. The summed E-state index contributed by atoms with van der Waals surface area (Å²) >= 11 is 6.20. The van der Waals surface area contributed by atoms with Crippen LogP contribution >= 0.6 is 11.6 Å². The number of aliphatic hydroxyl groups is 1. The highest BCUT2D eigenvalue weighted by Crippen LogP contribution is 2.51. The largest absolute Gasteiger partial charge is 0.497 e. The van der Waals surface area contributed by atoms with Crippen LogP contribution in [0.5, 0.6) is 5.75 Å². The Kier molecular flexibility index (Phi) is 5.06. The molecule has 2 aromatic carbocycles. The average Bonchev–Trinajstić information content (AvgIpc) is 2.65. The summed E-state index contributed by atoms with van der Waals surface area (Å²) in [5, 5.41) is 11.9. The number of alkyl halides is 3. The highest BCUT2D eigenvalue weighted by atomic mass is 35.5. The molecule has 0 aliphatic rings. The Morgan fingerprint density at radius 3 is 2.52 bits per heavy atom. The van der Waals surface area contributed by atoms with Crippen molar-refractivity contribution in [2.75, 3.05) is 7.11 Å². The Morgan fingerprint density at radius 1 is 1.15 bits per heavy atom. The van der Waals surface area contributed by atoms with Crippen LogP contribution in [0.2, 0.25) is 5.02 Å². The zero-order valence-electron chi connectivity index (χ0n) is 14.6. The van der Waals surface area contributed by atoms with Gasteiger partial charge in [-0.3, -0.25) is 4.98 Å². The molecular formula is C20H17ClF3NO2. The molecule has 0 spiro atoms. The van der Waals surface area contributed by atoms with Crippen molar-refractivity contribution in [3.05, 3.63) is 71.0 Å². The van der Waals surface area contributed by atoms with E-state index in [4.69, 9.17) is 16.3 Å². The zero-order valence-corrected chi connectivity index (χ0v) is 15.3. The molecule has 3 rings (SSSR count). The van der Waals surface area contributed by atoms with Gasteiger partial charge in [0.25, 0.3) is 0 Å². The van der Waals surface area contributed by atoms with Gasteiger partial charge in [0.05, 0.1) is 7.11 Å². The molecule has 0 saturated carbocycles. The second kappa shape index (κ2) is 7.02. The number of fused-ring (bicyclic) bond motifs is 1. The summed E-state index contributed by atoms with van der Waals surface area (Å²) in [5.74, 6) is -0.947. The summed E-state index contributed by atoms with van der Waals surface area (Å²) in [6.07, 6.45) is -2.08. The highest BCUT2D eigenvalue weighted by molar-refractivity contribution is 6.31. The third kappa shape index (κ3) is 3.24. The molecule has 2 unspecified atom stereocenters. The molecule has 142 valence electrons. The predicted octanol–water partition coefficient (Wildman–Crippen LogP) is 5.45. The average molecular weight is 396 g/mol. The van der Waals surface area contributed by atoms with E-state index in [0.717, 1.165) is 0 Å². The molecule has 1 N–H and O–H groups in total. The van der Waals surface area contributed by atoms with E-state index in [2.05, 4.69) is 4.98 Å². The van der Waals surface area contributed by atoms with E-state index in [-0.39, 0.29) is 21.5 Å². The van der Waals surface area contributed by atoms with Crippen LogP contribution in [0.3, 0.4) is 0 Å². The maximum absolute atomic E-state index is 14.2. The first-order valence-corrected chi connectivity index (χ1v) is 8.53. The van der Waals surface area contributed by atoms with Gasteiger partial charge in [-0.1, -0.05) is 42.8 Å². The van der Waals surface area contributed by atoms with Crippen molar-refractivity contribution in [2.24, 2.45) is 0 Å². The van der Waals surface area contributed by atoms with E-state index in [0.29, 0.717) is 11.1 Å². The van der Waals surface area contributed by atoms with Gasteiger partial charge >= 0.3 is 6.18 Å². The monoisotopic (exact) mass is 395 g/mol. The topological polar surface area (TPSA) is 42.4 Å². The fourth-order valence-corrected chi connectivity index (χ4v) is 3.63. The van der Waals surface area contributed by atoms with E-state index >= 15 is 0 Å². The summed E-state index contributed by atoms with van der Waals surface area (Å²) in [6, 6.07) is 10.2. The Bertz CT molecular complexity index is 972. The molecule has 0 aliphatic carbocycles. The van der Waals surface area contributed by atoms with E-state index in [1.807, 2.05) is 0 Å². The van der Waals surface area contributed by atoms with E-state index in [1.54, 1.807) is 6.07 Å². The minimum atomic E-state index is -4.94. The van der Waals surface area contributed by atoms with Gasteiger partial charge in [-0.05, 0) is 29.1 Å². The lowest BCUT2D eigenvalue weighted by atomic mass is 9.76. The summed E-state index contributed by atoms with van der Waals surface area (Å²) in [5.41, 5.74) is -3.22. The highest BCUT2D eigenvalue weighted by Gasteiger charge is 2.59. The normalized spacial score (nSPS) is 15.4. The van der Waals surface area contributed by atoms with Gasteiger partial charge in [-0.15, -0.1) is 0 Å². The maximum atomic E-state index is 14.2. The molecule has 2 atom stereocenters. The standard InChI is InChI=1S/C20H17ClF3NO2/c1-12(15-7-6-14(27-2)10-18(15)21)19(26,20(22,23)24)17-5-3-4-13-11-25-9-8-16(13)17/h3-12,26H,1-2H3. The van der Waals surface area contributed by atoms with Crippen molar-refractivity contribution in [2.45, 2.75) is 24.6 Å². The number of halogens is 4. The van der Waals surface area contributed by atoms with Crippen LogP contribution in [0.15, 0.2) is 54.9 Å². The van der Waals surface area contributed by atoms with Crippen molar-refractivity contribution < 1.29 is 23.0 Å². The van der Waals surface area contributed by atoms with Gasteiger partial charge in [0.15, 0.2) is 5.60 Å². The molecule has 0 aliphatic heterocycles. The second-order valence-electron chi connectivity index (χ2n) is 6.28. The minimum absolute atomic E-state index is 0.0893. The SMILES string of the molecule is COc1ccc(C(C)C(O)(c2cccc3cnccc23)C(F)(F)F)c(Cl)c1. The van der Waals surface area contributed by atoms with Crippen LogP contribution < -0.4 is 4.74 Å². The zero-order chi connectivity index (χ0) is 19.8. The van der Waals surface area contributed by atoms with E-state index < -0.39 is 17.7 Å². The smallest absolute Gasteiger partial charge is 0.422 e. The molecule has 1 heterocycles. The number of pyridine rings is 1. The molecule has 0 amide bonds. The summed E-state index contributed by atoms with van der Waals surface area (Å²) in [6.45, 7) is 1.31. The quantitative estimate of drug-likeness (QED) is 0.638. The van der Waals surface area contributed by atoms with Gasteiger partial charge in [0, 0.05) is 34.3 Å². The van der Waals surface area contributed by atoms with Gasteiger partial charge < -0.3 is 9.84 Å². The lowest BCUT2D eigenvalue weighted by Crippen LogP contribution is -2.46. The van der Waals surface area contributed by atoms with Gasteiger partial charge in [-0.2, -0.15) is 13.2 Å². The van der Waals surface area contributed by atoms with Crippen molar-refractivity contribution in [3.8, 4) is 5.75 Å². The Balaban J connectivity index is 2.24. The number of aromatic nitrogens is 1. The third-order valence-corrected chi connectivity index (χ3v) is 5.15. The third-order valence-electron chi connectivity index (χ3n) is 4.82. The summed E-state index contributed by atoms with van der Waals surface area (Å²) in [4.78, 5) is 3.94. The first-order chi connectivity index (χ1) is 12.7. The lowest BCUT2D eigenvalue weighted by molar-refractivity contribution is -0.274. The van der Waals surface area contributed by atoms with Crippen molar-refractivity contribution >= 4 is 22.4 Å². The van der Waals surface area contributed by atoms with Crippen LogP contribution in [0.25, 0.3) is 10.8 Å². The van der Waals surface area contributed by atoms with Crippen molar-refractivity contribution in [3.63, 3.8) is 0 Å². The predicted molar refractivity (Wildman–Crippen MR) is 98.1 cm³/mol. The molecule has 3 aromatic rings. The Hall–Kier alpha value is -2.31. The number of hydrogen-bond acceptors (Lipinski definition) is 3. The van der Waals surface area contributed by atoms with Crippen molar-refractivity contribution in [1.82, 2.24) is 4.98 Å². The van der Waals surface area contributed by atoms with Gasteiger partial charge in [-0.25, -0.2) is 0 Å². The van der Waals surface area contributed by atoms with Crippen LogP contribution in [0.4, 0.5) is 13.2 Å². The van der Waals surface area contributed by atoms with Crippen LogP contribution in [0.1, 0.15) is 24.0 Å². The van der Waals surface area contributed by atoms with Crippen LogP contribution in [-0.2, 0) is 5.60 Å². The molecular weight excluding hydrogens is 379 g/mol. The molecule has 7 heteroatoms. The molecule has 0 bridgehead atoms. The Labute approximate surface area is 159 Å². The van der Waals surface area contributed by atoms with Gasteiger partial charge in [0.1, 0.15) is 5.75 Å². The molecule has 0 fully saturated rings. The number of ether oxygens (including phenoxy) is 1. The number of methoxy groups -OCH3 is 1. The number of hydrogen-bond donors (Lipinski definition) is 1. The number of rotatable bonds is 4. The van der Waals surface area contributed by atoms with Crippen LogP contribution in [0, 0.1) is 0 Å². The fourth-order valence-electron chi connectivity index (χ4n) is 3.30. The second-order valence-corrected chi connectivity index (χ2v) is 6.68. The summed E-state index contributed by atoms with van der Waals surface area (Å²) in [7, 11) is 1.44. The first-order valence-electron chi connectivity index (χ1n) is 8.16. The van der Waals surface area contributed by atoms with Crippen LogP contribution in [-0.4, -0.2) is 23.4 Å². The van der Waals surface area contributed by atoms with Gasteiger partial charge in [0.2, 0.25) is 0 Å². The Morgan fingerprint density at radius 2 is 1.89 bits per heavy atom. The maximum Gasteiger partial charge on any atom is 0.422 e. The van der Waals surface area contributed by atoms with E-state index in [1.165, 1.54) is 62.8 Å².